The molecule has 0 aliphatic heterocycles. The van der Waals surface area contributed by atoms with E-state index in [2.05, 4.69) is 43.2 Å². The topological polar surface area (TPSA) is 53.6 Å². The highest BCUT2D eigenvalue weighted by atomic mass is 15.1. The minimum absolute atomic E-state index is 0.228. The molecule has 4 heteroatoms. The molecule has 0 saturated heterocycles. The zero-order chi connectivity index (χ0) is 14.3. The number of anilines is 1. The van der Waals surface area contributed by atoms with E-state index in [1.165, 1.54) is 0 Å². The number of nitrogens with one attached hydrogen (secondary N) is 1. The zero-order valence-electron chi connectivity index (χ0n) is 12.4. The lowest BCUT2D eigenvalue weighted by atomic mass is 10.0. The second kappa shape index (κ2) is 7.79. The van der Waals surface area contributed by atoms with Crippen molar-refractivity contribution in [2.75, 3.05) is 26.0 Å². The second-order valence-electron chi connectivity index (χ2n) is 5.55. The molecule has 1 aromatic carbocycles. The van der Waals surface area contributed by atoms with Gasteiger partial charge >= 0.3 is 0 Å². The molecule has 1 atom stereocenters. The molecule has 0 aliphatic carbocycles. The average Bonchev–Trinajstić information content (AvgIpc) is 2.27. The van der Waals surface area contributed by atoms with Gasteiger partial charge in [-0.05, 0) is 38.6 Å². The molecule has 106 valence electrons. The highest BCUT2D eigenvalue weighted by Crippen LogP contribution is 2.10. The fourth-order valence-electron chi connectivity index (χ4n) is 2.03. The Labute approximate surface area is 116 Å². The Kier molecular flexibility index (Phi) is 6.36. The lowest BCUT2D eigenvalue weighted by molar-refractivity contribution is 0.345. The van der Waals surface area contributed by atoms with E-state index in [0.29, 0.717) is 11.9 Å². The van der Waals surface area contributed by atoms with Crippen LogP contribution in [0.2, 0.25) is 0 Å². The molecule has 0 aliphatic rings. The van der Waals surface area contributed by atoms with E-state index >= 15 is 0 Å². The first-order chi connectivity index (χ1) is 8.97. The summed E-state index contributed by atoms with van der Waals surface area (Å²) in [5, 5.41) is 3.13. The van der Waals surface area contributed by atoms with Crippen molar-refractivity contribution >= 4 is 11.6 Å². The first-order valence-electron chi connectivity index (χ1n) is 6.77. The highest BCUT2D eigenvalue weighted by Gasteiger charge is 2.11. The maximum atomic E-state index is 5.98. The van der Waals surface area contributed by atoms with Crippen LogP contribution in [0.25, 0.3) is 0 Å². The van der Waals surface area contributed by atoms with Gasteiger partial charge in [-0.2, -0.15) is 0 Å². The van der Waals surface area contributed by atoms with Crippen molar-refractivity contribution in [2.24, 2.45) is 16.6 Å². The third kappa shape index (κ3) is 6.82. The molecule has 1 rings (SSSR count). The molecule has 0 spiro atoms. The molecule has 3 N–H and O–H groups in total. The lowest BCUT2D eigenvalue weighted by Crippen LogP contribution is -2.31. The van der Waals surface area contributed by atoms with Crippen LogP contribution >= 0.6 is 0 Å². The predicted octanol–water partition coefficient (Wildman–Crippen LogP) is 2.39. The first-order valence-corrected chi connectivity index (χ1v) is 6.77. The molecule has 19 heavy (non-hydrogen) atoms. The molecule has 1 aromatic rings. The fraction of sp³-hybridized carbons (Fsp3) is 0.533. The van der Waals surface area contributed by atoms with Crippen LogP contribution in [0.5, 0.6) is 0 Å². The summed E-state index contributed by atoms with van der Waals surface area (Å²) in [6.07, 6.45) is 1.04. The minimum Gasteiger partial charge on any atom is -0.370 e. The third-order valence-corrected chi connectivity index (χ3v) is 2.69. The van der Waals surface area contributed by atoms with Gasteiger partial charge in [0.15, 0.2) is 5.96 Å². The van der Waals surface area contributed by atoms with E-state index in [9.17, 15) is 0 Å². The van der Waals surface area contributed by atoms with Gasteiger partial charge < -0.3 is 16.0 Å². The zero-order valence-corrected chi connectivity index (χ0v) is 12.4. The number of rotatable bonds is 6. The monoisotopic (exact) mass is 262 g/mol. The smallest absolute Gasteiger partial charge is 0.193 e. The molecule has 0 heterocycles. The molecule has 0 fully saturated rings. The van der Waals surface area contributed by atoms with E-state index in [4.69, 9.17) is 5.73 Å². The van der Waals surface area contributed by atoms with Gasteiger partial charge in [-0.3, -0.25) is 0 Å². The van der Waals surface area contributed by atoms with Crippen LogP contribution in [-0.2, 0) is 0 Å². The maximum absolute atomic E-state index is 5.98. The van der Waals surface area contributed by atoms with E-state index in [0.717, 1.165) is 18.7 Å². The maximum Gasteiger partial charge on any atom is 0.193 e. The summed E-state index contributed by atoms with van der Waals surface area (Å²) in [4.78, 5) is 6.74. The first kappa shape index (κ1) is 15.5. The molecule has 4 nitrogen and oxygen atoms in total. The van der Waals surface area contributed by atoms with Crippen molar-refractivity contribution in [1.29, 1.82) is 0 Å². The Hall–Kier alpha value is -1.55. The Morgan fingerprint density at radius 1 is 1.26 bits per heavy atom. The van der Waals surface area contributed by atoms with Crippen molar-refractivity contribution in [1.82, 2.24) is 4.90 Å². The van der Waals surface area contributed by atoms with Gasteiger partial charge in [0.25, 0.3) is 0 Å². The van der Waals surface area contributed by atoms with Crippen LogP contribution in [0.15, 0.2) is 35.3 Å². The van der Waals surface area contributed by atoms with Gasteiger partial charge in [0.05, 0.1) is 6.04 Å². The van der Waals surface area contributed by atoms with Crippen molar-refractivity contribution in [2.45, 2.75) is 26.3 Å². The third-order valence-electron chi connectivity index (χ3n) is 2.69. The number of hydrogen-bond donors (Lipinski definition) is 2. The number of benzene rings is 1. The number of hydrogen-bond acceptors (Lipinski definition) is 2. The molecule has 1 unspecified atom stereocenters. The molecule has 0 aromatic heterocycles. The molecular formula is C15H26N4. The Morgan fingerprint density at radius 3 is 2.42 bits per heavy atom. The molecule has 0 saturated carbocycles. The second-order valence-corrected chi connectivity index (χ2v) is 5.55. The summed E-state index contributed by atoms with van der Waals surface area (Å²) in [5.41, 5.74) is 6.95. The van der Waals surface area contributed by atoms with E-state index < -0.39 is 0 Å². The van der Waals surface area contributed by atoms with Crippen LogP contribution in [0.3, 0.4) is 0 Å². The number of likely N-dealkylation sites (N-methyl/N-ethyl adjacent to an activating group) is 1. The Morgan fingerprint density at radius 2 is 1.89 bits per heavy atom. The van der Waals surface area contributed by atoms with Crippen molar-refractivity contribution in [3.63, 3.8) is 0 Å². The highest BCUT2D eigenvalue weighted by molar-refractivity contribution is 5.92. The van der Waals surface area contributed by atoms with Crippen molar-refractivity contribution in [3.8, 4) is 0 Å². The van der Waals surface area contributed by atoms with Gasteiger partial charge in [0.2, 0.25) is 0 Å². The lowest BCUT2D eigenvalue weighted by Gasteiger charge is -2.20. The van der Waals surface area contributed by atoms with E-state index in [1.54, 1.807) is 0 Å². The number of nitrogens with two attached hydrogens (primary N) is 1. The summed E-state index contributed by atoms with van der Waals surface area (Å²) < 4.78 is 0. The molecule has 0 bridgehead atoms. The van der Waals surface area contributed by atoms with Crippen molar-refractivity contribution in [3.05, 3.63) is 30.3 Å². The van der Waals surface area contributed by atoms with E-state index in [1.807, 2.05) is 30.3 Å². The Balaban J connectivity index is 2.66. The summed E-state index contributed by atoms with van der Waals surface area (Å²) in [5.74, 6) is 1.09. The minimum atomic E-state index is 0.228. The van der Waals surface area contributed by atoms with Gasteiger partial charge in [-0.25, -0.2) is 4.99 Å². The average molecular weight is 262 g/mol. The summed E-state index contributed by atoms with van der Waals surface area (Å²) in [6, 6.07) is 10.1. The molecular weight excluding hydrogens is 236 g/mol. The fourth-order valence-corrected chi connectivity index (χ4v) is 2.03. The number of guanidine groups is 1. The van der Waals surface area contributed by atoms with Crippen LogP contribution in [0.4, 0.5) is 5.69 Å². The normalized spacial score (nSPS) is 13.9. The van der Waals surface area contributed by atoms with Crippen LogP contribution < -0.4 is 11.1 Å². The van der Waals surface area contributed by atoms with Crippen LogP contribution in [0, 0.1) is 5.92 Å². The van der Waals surface area contributed by atoms with Gasteiger partial charge in [-0.15, -0.1) is 0 Å². The largest absolute Gasteiger partial charge is 0.370 e. The van der Waals surface area contributed by atoms with E-state index in [-0.39, 0.29) is 6.04 Å². The number of para-hydroxylation sites is 1. The standard InChI is InChI=1S/C15H26N4/c1-12(2)10-14(11-19(3)4)18-15(16)17-13-8-6-5-7-9-13/h5-9,12,14H,10-11H2,1-4H3,(H3,16,17,18). The van der Waals surface area contributed by atoms with Crippen LogP contribution in [0.1, 0.15) is 20.3 Å². The Bertz CT molecular complexity index is 374. The quantitative estimate of drug-likeness (QED) is 0.611. The van der Waals surface area contributed by atoms with Gasteiger partial charge in [-0.1, -0.05) is 32.0 Å². The number of nitrogens with zero attached hydrogens (tertiary/aromatic N) is 2. The summed E-state index contributed by atoms with van der Waals surface area (Å²) in [7, 11) is 4.12. The molecule has 0 amide bonds. The van der Waals surface area contributed by atoms with Gasteiger partial charge in [0.1, 0.15) is 0 Å². The summed E-state index contributed by atoms with van der Waals surface area (Å²) >= 11 is 0. The molecule has 0 radical (unpaired) electrons. The predicted molar refractivity (Wildman–Crippen MR) is 83.5 cm³/mol. The summed E-state index contributed by atoms with van der Waals surface area (Å²) in [6.45, 7) is 5.33. The van der Waals surface area contributed by atoms with Crippen LogP contribution in [-0.4, -0.2) is 37.5 Å². The van der Waals surface area contributed by atoms with Gasteiger partial charge in [0, 0.05) is 12.2 Å². The number of aliphatic imine (C=N–C) groups is 1. The van der Waals surface area contributed by atoms with Crippen molar-refractivity contribution < 1.29 is 0 Å². The SMILES string of the molecule is CC(C)CC(CN(C)C)N=C(N)Nc1ccccc1.